The molecule has 112 valence electrons. The number of hydrogen-bond donors (Lipinski definition) is 2. The van der Waals surface area contributed by atoms with E-state index in [4.69, 9.17) is 4.74 Å². The van der Waals surface area contributed by atoms with Gasteiger partial charge in [-0.15, -0.1) is 0 Å². The maximum absolute atomic E-state index is 12.4. The minimum absolute atomic E-state index is 0.0981. The highest BCUT2D eigenvalue weighted by atomic mass is 32.2. The molecule has 0 amide bonds. The van der Waals surface area contributed by atoms with Crippen molar-refractivity contribution >= 4 is 21.5 Å². The molecule has 2 rings (SSSR count). The van der Waals surface area contributed by atoms with Crippen molar-refractivity contribution in [2.24, 2.45) is 0 Å². The number of aromatic nitrogens is 1. The SMILES string of the molecule is CNc1ncccc1S(=O)(=O)Nc1ccc(OC)c(C)c1. The van der Waals surface area contributed by atoms with Gasteiger partial charge in [0.25, 0.3) is 10.0 Å². The quantitative estimate of drug-likeness (QED) is 0.885. The first kappa shape index (κ1) is 15.1. The zero-order chi connectivity index (χ0) is 15.5. The Kier molecular flexibility index (Phi) is 4.32. The summed E-state index contributed by atoms with van der Waals surface area (Å²) in [5.41, 5.74) is 1.32. The predicted molar refractivity (Wildman–Crippen MR) is 82.3 cm³/mol. The predicted octanol–water partition coefficient (Wildman–Crippen LogP) is 2.24. The minimum atomic E-state index is -3.71. The van der Waals surface area contributed by atoms with Gasteiger partial charge in [0.15, 0.2) is 0 Å². The molecule has 2 aromatic rings. The lowest BCUT2D eigenvalue weighted by Gasteiger charge is -2.12. The Bertz CT molecular complexity index is 745. The Labute approximate surface area is 124 Å². The second-order valence-electron chi connectivity index (χ2n) is 4.39. The summed E-state index contributed by atoms with van der Waals surface area (Å²) in [4.78, 5) is 4.10. The van der Waals surface area contributed by atoms with Crippen LogP contribution in [-0.4, -0.2) is 27.6 Å². The van der Waals surface area contributed by atoms with Crippen LogP contribution in [-0.2, 0) is 10.0 Å². The van der Waals surface area contributed by atoms with Crippen LogP contribution in [0, 0.1) is 6.92 Å². The molecule has 0 bridgehead atoms. The fourth-order valence-corrected chi connectivity index (χ4v) is 3.16. The molecule has 0 spiro atoms. The van der Waals surface area contributed by atoms with Crippen LogP contribution in [0.4, 0.5) is 11.5 Å². The zero-order valence-electron chi connectivity index (χ0n) is 12.0. The smallest absolute Gasteiger partial charge is 0.265 e. The number of anilines is 2. The third-order valence-corrected chi connectivity index (χ3v) is 4.36. The molecule has 0 saturated carbocycles. The molecule has 0 aliphatic rings. The first-order chi connectivity index (χ1) is 9.97. The van der Waals surface area contributed by atoms with Crippen LogP contribution in [0.2, 0.25) is 0 Å². The number of methoxy groups -OCH3 is 1. The van der Waals surface area contributed by atoms with Gasteiger partial charge in [-0.05, 0) is 42.8 Å². The highest BCUT2D eigenvalue weighted by Crippen LogP contribution is 2.25. The molecule has 0 aliphatic heterocycles. The summed E-state index contributed by atoms with van der Waals surface area (Å²) < 4.78 is 32.5. The van der Waals surface area contributed by atoms with Crippen LogP contribution in [0.15, 0.2) is 41.4 Å². The van der Waals surface area contributed by atoms with Gasteiger partial charge in [-0.2, -0.15) is 0 Å². The van der Waals surface area contributed by atoms with Crippen molar-refractivity contribution in [3.8, 4) is 5.75 Å². The highest BCUT2D eigenvalue weighted by molar-refractivity contribution is 7.92. The standard InChI is InChI=1S/C14H17N3O3S/c1-10-9-11(6-7-12(10)20-3)17-21(18,19)13-5-4-8-16-14(13)15-2/h4-9,17H,1-3H3,(H,15,16). The van der Waals surface area contributed by atoms with E-state index in [1.807, 2.05) is 6.92 Å². The molecule has 1 aromatic heterocycles. The van der Waals surface area contributed by atoms with Crippen LogP contribution >= 0.6 is 0 Å². The lowest BCUT2D eigenvalue weighted by atomic mass is 10.2. The zero-order valence-corrected chi connectivity index (χ0v) is 12.9. The minimum Gasteiger partial charge on any atom is -0.496 e. The van der Waals surface area contributed by atoms with Gasteiger partial charge < -0.3 is 10.1 Å². The van der Waals surface area contributed by atoms with E-state index in [0.717, 1.165) is 5.56 Å². The number of ether oxygens (including phenoxy) is 1. The highest BCUT2D eigenvalue weighted by Gasteiger charge is 2.19. The number of nitrogens with zero attached hydrogens (tertiary/aromatic N) is 1. The fourth-order valence-electron chi connectivity index (χ4n) is 1.95. The molecular weight excluding hydrogens is 290 g/mol. The molecule has 1 aromatic carbocycles. The first-order valence-corrected chi connectivity index (χ1v) is 7.76. The van der Waals surface area contributed by atoms with Crippen molar-refractivity contribution in [2.75, 3.05) is 24.2 Å². The molecular formula is C14H17N3O3S. The average molecular weight is 307 g/mol. The van der Waals surface area contributed by atoms with Gasteiger partial charge in [0.2, 0.25) is 0 Å². The van der Waals surface area contributed by atoms with E-state index in [-0.39, 0.29) is 4.90 Å². The molecule has 0 saturated heterocycles. The molecule has 6 nitrogen and oxygen atoms in total. The summed E-state index contributed by atoms with van der Waals surface area (Å²) in [6.45, 7) is 1.85. The lowest BCUT2D eigenvalue weighted by Crippen LogP contribution is -2.15. The fraction of sp³-hybridized carbons (Fsp3) is 0.214. The van der Waals surface area contributed by atoms with Crippen molar-refractivity contribution in [3.05, 3.63) is 42.1 Å². The van der Waals surface area contributed by atoms with E-state index in [0.29, 0.717) is 17.3 Å². The normalized spacial score (nSPS) is 11.0. The lowest BCUT2D eigenvalue weighted by molar-refractivity contribution is 0.412. The van der Waals surface area contributed by atoms with Gasteiger partial charge in [0.05, 0.1) is 7.11 Å². The summed E-state index contributed by atoms with van der Waals surface area (Å²) in [7, 11) is -0.514. The molecule has 0 unspecified atom stereocenters. The van der Waals surface area contributed by atoms with Crippen molar-refractivity contribution in [2.45, 2.75) is 11.8 Å². The van der Waals surface area contributed by atoms with Gasteiger partial charge in [0.1, 0.15) is 16.5 Å². The Morgan fingerprint density at radius 3 is 2.62 bits per heavy atom. The number of aryl methyl sites for hydroxylation is 1. The number of hydrogen-bond acceptors (Lipinski definition) is 5. The third kappa shape index (κ3) is 3.25. The third-order valence-electron chi connectivity index (χ3n) is 2.94. The number of pyridine rings is 1. The van der Waals surface area contributed by atoms with Crippen molar-refractivity contribution < 1.29 is 13.2 Å². The summed E-state index contributed by atoms with van der Waals surface area (Å²) in [6.07, 6.45) is 1.53. The molecule has 0 radical (unpaired) electrons. The topological polar surface area (TPSA) is 80.3 Å². The Hall–Kier alpha value is -2.28. The molecule has 0 aliphatic carbocycles. The van der Waals surface area contributed by atoms with E-state index in [1.54, 1.807) is 38.4 Å². The van der Waals surface area contributed by atoms with E-state index in [2.05, 4.69) is 15.0 Å². The molecule has 0 atom stereocenters. The van der Waals surface area contributed by atoms with E-state index in [9.17, 15) is 8.42 Å². The number of rotatable bonds is 5. The van der Waals surface area contributed by atoms with Crippen molar-refractivity contribution in [1.29, 1.82) is 0 Å². The van der Waals surface area contributed by atoms with Gasteiger partial charge in [0, 0.05) is 18.9 Å². The molecule has 7 heteroatoms. The van der Waals surface area contributed by atoms with Crippen LogP contribution < -0.4 is 14.8 Å². The second kappa shape index (κ2) is 6.01. The van der Waals surface area contributed by atoms with Crippen molar-refractivity contribution in [3.63, 3.8) is 0 Å². The maximum Gasteiger partial charge on any atom is 0.265 e. The van der Waals surface area contributed by atoms with Gasteiger partial charge in [-0.3, -0.25) is 4.72 Å². The second-order valence-corrected chi connectivity index (χ2v) is 6.04. The monoisotopic (exact) mass is 307 g/mol. The van der Waals surface area contributed by atoms with E-state index >= 15 is 0 Å². The Morgan fingerprint density at radius 1 is 1.24 bits per heavy atom. The summed E-state index contributed by atoms with van der Waals surface area (Å²) in [6, 6.07) is 8.16. The van der Waals surface area contributed by atoms with Crippen molar-refractivity contribution in [1.82, 2.24) is 4.98 Å². The summed E-state index contributed by atoms with van der Waals surface area (Å²) >= 11 is 0. The van der Waals surface area contributed by atoms with E-state index in [1.165, 1.54) is 12.3 Å². The van der Waals surface area contributed by atoms with E-state index < -0.39 is 10.0 Å². The number of nitrogens with one attached hydrogen (secondary N) is 2. The van der Waals surface area contributed by atoms with Gasteiger partial charge >= 0.3 is 0 Å². The molecule has 2 N–H and O–H groups in total. The van der Waals surface area contributed by atoms with Crippen LogP contribution in [0.5, 0.6) is 5.75 Å². The molecule has 1 heterocycles. The van der Waals surface area contributed by atoms with Crippen LogP contribution in [0.25, 0.3) is 0 Å². The molecule has 0 fully saturated rings. The largest absolute Gasteiger partial charge is 0.496 e. The summed E-state index contributed by atoms with van der Waals surface area (Å²) in [5.74, 6) is 1.01. The van der Waals surface area contributed by atoms with Crippen LogP contribution in [0.3, 0.4) is 0 Å². The Morgan fingerprint density at radius 2 is 2.00 bits per heavy atom. The Balaban J connectivity index is 2.35. The van der Waals surface area contributed by atoms with Gasteiger partial charge in [-0.1, -0.05) is 0 Å². The van der Waals surface area contributed by atoms with Crippen LogP contribution in [0.1, 0.15) is 5.56 Å². The molecule has 21 heavy (non-hydrogen) atoms. The maximum atomic E-state index is 12.4. The first-order valence-electron chi connectivity index (χ1n) is 6.28. The summed E-state index contributed by atoms with van der Waals surface area (Å²) in [5, 5.41) is 2.77. The number of sulfonamides is 1. The number of benzene rings is 1. The average Bonchev–Trinajstić information content (AvgIpc) is 2.47. The van der Waals surface area contributed by atoms with Gasteiger partial charge in [-0.25, -0.2) is 13.4 Å².